The van der Waals surface area contributed by atoms with Gasteiger partial charge in [-0.25, -0.2) is 0 Å². The average molecular weight is 353 g/mol. The maximum Gasteiger partial charge on any atom is 0.263 e. The van der Waals surface area contributed by atoms with Crippen LogP contribution in [0.1, 0.15) is 31.8 Å². The zero-order valence-electron chi connectivity index (χ0n) is 14.4. The molecule has 0 atom stereocenters. The highest BCUT2D eigenvalue weighted by atomic mass is 32.1. The van der Waals surface area contributed by atoms with E-state index >= 15 is 0 Å². The molecule has 0 bridgehead atoms. The first kappa shape index (κ1) is 17.2. The first-order valence-electron chi connectivity index (χ1n) is 7.91. The van der Waals surface area contributed by atoms with Crippen molar-refractivity contribution in [2.24, 2.45) is 0 Å². The number of hydrogen-bond donors (Lipinski definition) is 0. The summed E-state index contributed by atoms with van der Waals surface area (Å²) in [7, 11) is 3.42. The standard InChI is InChI=1S/C20H19NO3S/c1-13(22)18-8-9-19(25-18)20(23)21(2)12-14-4-5-16-11-17(24-3)7-6-15(16)10-14/h4-11H,12H2,1-3H3. The average Bonchev–Trinajstić information content (AvgIpc) is 3.11. The molecule has 0 saturated carbocycles. The minimum atomic E-state index is -0.0765. The number of nitrogens with zero attached hydrogens (tertiary/aromatic N) is 1. The van der Waals surface area contributed by atoms with Gasteiger partial charge in [-0.2, -0.15) is 0 Å². The molecule has 2 aromatic carbocycles. The van der Waals surface area contributed by atoms with Crippen molar-refractivity contribution in [2.75, 3.05) is 14.2 Å². The van der Waals surface area contributed by atoms with E-state index in [-0.39, 0.29) is 11.7 Å². The van der Waals surface area contributed by atoms with Crippen LogP contribution in [0.4, 0.5) is 0 Å². The summed E-state index contributed by atoms with van der Waals surface area (Å²) in [6.45, 7) is 2.02. The van der Waals surface area contributed by atoms with Crippen LogP contribution in [-0.2, 0) is 6.54 Å². The lowest BCUT2D eigenvalue weighted by atomic mass is 10.1. The first-order chi connectivity index (χ1) is 12.0. The number of rotatable bonds is 5. The highest BCUT2D eigenvalue weighted by Crippen LogP contribution is 2.23. The van der Waals surface area contributed by atoms with E-state index in [1.165, 1.54) is 18.3 Å². The van der Waals surface area contributed by atoms with Gasteiger partial charge >= 0.3 is 0 Å². The van der Waals surface area contributed by atoms with Crippen molar-refractivity contribution in [3.8, 4) is 5.75 Å². The normalized spacial score (nSPS) is 10.7. The predicted octanol–water partition coefficient (Wildman–Crippen LogP) is 4.38. The lowest BCUT2D eigenvalue weighted by Gasteiger charge is -2.17. The minimum Gasteiger partial charge on any atom is -0.497 e. The fraction of sp³-hybridized carbons (Fsp3) is 0.200. The number of ether oxygens (including phenoxy) is 1. The van der Waals surface area contributed by atoms with Crippen molar-refractivity contribution in [1.29, 1.82) is 0 Å². The molecule has 0 aliphatic heterocycles. The molecule has 1 heterocycles. The van der Waals surface area contributed by atoms with Gasteiger partial charge in [-0.1, -0.05) is 18.2 Å². The Labute approximate surface area is 150 Å². The molecule has 3 rings (SSSR count). The van der Waals surface area contributed by atoms with Gasteiger partial charge in [0.2, 0.25) is 0 Å². The highest BCUT2D eigenvalue weighted by Gasteiger charge is 2.16. The third-order valence-corrected chi connectivity index (χ3v) is 5.22. The summed E-state index contributed by atoms with van der Waals surface area (Å²) in [5, 5.41) is 2.20. The van der Waals surface area contributed by atoms with Gasteiger partial charge in [-0.05, 0) is 53.6 Å². The number of amides is 1. The second-order valence-electron chi connectivity index (χ2n) is 5.93. The molecule has 25 heavy (non-hydrogen) atoms. The first-order valence-corrected chi connectivity index (χ1v) is 8.72. The Morgan fingerprint density at radius 1 is 1.00 bits per heavy atom. The van der Waals surface area contributed by atoms with Crippen molar-refractivity contribution >= 4 is 33.8 Å². The van der Waals surface area contributed by atoms with Crippen molar-refractivity contribution < 1.29 is 14.3 Å². The van der Waals surface area contributed by atoms with Gasteiger partial charge in [-0.3, -0.25) is 9.59 Å². The molecule has 5 heteroatoms. The molecule has 4 nitrogen and oxygen atoms in total. The summed E-state index contributed by atoms with van der Waals surface area (Å²) in [6, 6.07) is 15.5. The second-order valence-corrected chi connectivity index (χ2v) is 7.01. The zero-order chi connectivity index (χ0) is 18.0. The van der Waals surface area contributed by atoms with Crippen molar-refractivity contribution in [3.05, 3.63) is 63.8 Å². The molecule has 0 N–H and O–H groups in total. The van der Waals surface area contributed by atoms with Crippen LogP contribution < -0.4 is 4.74 Å². The smallest absolute Gasteiger partial charge is 0.263 e. The van der Waals surface area contributed by atoms with E-state index in [0.717, 1.165) is 22.1 Å². The van der Waals surface area contributed by atoms with E-state index in [1.807, 2.05) is 30.3 Å². The third kappa shape index (κ3) is 3.72. The lowest BCUT2D eigenvalue weighted by molar-refractivity contribution is 0.0790. The molecular formula is C20H19NO3S. The summed E-state index contributed by atoms with van der Waals surface area (Å²) < 4.78 is 5.24. The van der Waals surface area contributed by atoms with Crippen LogP contribution in [0.3, 0.4) is 0 Å². The van der Waals surface area contributed by atoms with Crippen LogP contribution >= 0.6 is 11.3 Å². The fourth-order valence-corrected chi connectivity index (χ4v) is 3.57. The van der Waals surface area contributed by atoms with Crippen LogP contribution in [0.2, 0.25) is 0 Å². The molecule has 128 valence electrons. The van der Waals surface area contributed by atoms with Gasteiger partial charge < -0.3 is 9.64 Å². The quantitative estimate of drug-likeness (QED) is 0.639. The largest absolute Gasteiger partial charge is 0.497 e. The SMILES string of the molecule is COc1ccc2cc(CN(C)C(=O)c3ccc(C(C)=O)s3)ccc2c1. The Hall–Kier alpha value is -2.66. The Kier molecular flexibility index (Phi) is 4.86. The number of Topliss-reactive ketones (excluding diaryl/α,β-unsaturated/α-hetero) is 1. The predicted molar refractivity (Wildman–Crippen MR) is 101 cm³/mol. The molecule has 3 aromatic rings. The highest BCUT2D eigenvalue weighted by molar-refractivity contribution is 7.15. The maximum absolute atomic E-state index is 12.5. The molecule has 0 unspecified atom stereocenters. The molecule has 0 aliphatic carbocycles. The van der Waals surface area contributed by atoms with Crippen LogP contribution in [0, 0.1) is 0 Å². The summed E-state index contributed by atoms with van der Waals surface area (Å²) in [5.41, 5.74) is 1.05. The fourth-order valence-electron chi connectivity index (χ4n) is 2.67. The third-order valence-electron chi connectivity index (χ3n) is 4.04. The van der Waals surface area contributed by atoms with E-state index in [1.54, 1.807) is 31.2 Å². The van der Waals surface area contributed by atoms with Gasteiger partial charge in [0.1, 0.15) is 5.75 Å². The van der Waals surface area contributed by atoms with Crippen LogP contribution in [0.15, 0.2) is 48.5 Å². The Morgan fingerprint density at radius 3 is 2.36 bits per heavy atom. The van der Waals surface area contributed by atoms with Gasteiger partial charge in [0.25, 0.3) is 5.91 Å². The van der Waals surface area contributed by atoms with Gasteiger partial charge in [0.15, 0.2) is 5.78 Å². The molecule has 0 aliphatic rings. The summed E-state index contributed by atoms with van der Waals surface area (Å²) in [4.78, 5) is 26.8. The van der Waals surface area contributed by atoms with E-state index in [4.69, 9.17) is 4.74 Å². The number of methoxy groups -OCH3 is 1. The molecule has 0 saturated heterocycles. The molecule has 0 fully saturated rings. The molecule has 1 aromatic heterocycles. The van der Waals surface area contributed by atoms with Crippen LogP contribution in [-0.4, -0.2) is 30.7 Å². The molecule has 0 spiro atoms. The second kappa shape index (κ2) is 7.07. The van der Waals surface area contributed by atoms with E-state index in [9.17, 15) is 9.59 Å². The number of thiophene rings is 1. The van der Waals surface area contributed by atoms with Crippen molar-refractivity contribution in [1.82, 2.24) is 4.90 Å². The van der Waals surface area contributed by atoms with Crippen LogP contribution in [0.5, 0.6) is 5.75 Å². The molecular weight excluding hydrogens is 334 g/mol. The number of carbonyl (C=O) groups is 2. The molecule has 1 amide bonds. The van der Waals surface area contributed by atoms with Crippen LogP contribution in [0.25, 0.3) is 10.8 Å². The number of carbonyl (C=O) groups excluding carboxylic acids is 2. The van der Waals surface area contributed by atoms with E-state index < -0.39 is 0 Å². The monoisotopic (exact) mass is 353 g/mol. The van der Waals surface area contributed by atoms with Gasteiger partial charge in [-0.15, -0.1) is 11.3 Å². The van der Waals surface area contributed by atoms with E-state index in [0.29, 0.717) is 16.3 Å². The number of ketones is 1. The Morgan fingerprint density at radius 2 is 1.68 bits per heavy atom. The van der Waals surface area contributed by atoms with Crippen molar-refractivity contribution in [3.63, 3.8) is 0 Å². The summed E-state index contributed by atoms with van der Waals surface area (Å²) in [6.07, 6.45) is 0. The van der Waals surface area contributed by atoms with Gasteiger partial charge in [0.05, 0.1) is 16.9 Å². The van der Waals surface area contributed by atoms with Crippen molar-refractivity contribution in [2.45, 2.75) is 13.5 Å². The number of benzene rings is 2. The summed E-state index contributed by atoms with van der Waals surface area (Å²) in [5.74, 6) is 0.732. The minimum absolute atomic E-state index is 0.0170. The Bertz CT molecular complexity index is 945. The summed E-state index contributed by atoms with van der Waals surface area (Å²) >= 11 is 1.24. The lowest BCUT2D eigenvalue weighted by Crippen LogP contribution is -2.25. The maximum atomic E-state index is 12.5. The Balaban J connectivity index is 1.77. The van der Waals surface area contributed by atoms with E-state index in [2.05, 4.69) is 6.07 Å². The number of fused-ring (bicyclic) bond motifs is 1. The number of hydrogen-bond acceptors (Lipinski definition) is 4. The van der Waals surface area contributed by atoms with Gasteiger partial charge in [0, 0.05) is 13.6 Å². The molecule has 0 radical (unpaired) electrons. The topological polar surface area (TPSA) is 46.6 Å². The zero-order valence-corrected chi connectivity index (χ0v) is 15.2.